The van der Waals surface area contributed by atoms with E-state index in [0.29, 0.717) is 17.6 Å². The van der Waals surface area contributed by atoms with Crippen LogP contribution >= 0.6 is 0 Å². The highest BCUT2D eigenvalue weighted by atomic mass is 16.1. The zero-order chi connectivity index (χ0) is 17.0. The molecule has 4 heteroatoms. The molecular formula is C19H24N2O2. The van der Waals surface area contributed by atoms with Gasteiger partial charge in [0, 0.05) is 17.7 Å². The van der Waals surface area contributed by atoms with Crippen molar-refractivity contribution in [3.63, 3.8) is 0 Å². The molecule has 2 atom stereocenters. The van der Waals surface area contributed by atoms with Crippen molar-refractivity contribution in [1.82, 2.24) is 4.90 Å². The fraction of sp³-hybridized carbons (Fsp3) is 0.421. The maximum atomic E-state index is 12.6. The standard InChI is InChI=1S/C19H24N2O2/c1-13(2)16(19(23)15(4)14(3)11-22)9-10-21-12-20-17-7-5-6-8-18(17)21/h5-8,11-12,17-18H,9-10H2,1-4H3/b15-14-. The van der Waals surface area contributed by atoms with Gasteiger partial charge in [-0.1, -0.05) is 29.9 Å². The molecule has 0 bridgehead atoms. The lowest BCUT2D eigenvalue weighted by Crippen LogP contribution is -2.36. The Morgan fingerprint density at radius 3 is 2.52 bits per heavy atom. The second-order valence-corrected chi connectivity index (χ2v) is 6.24. The van der Waals surface area contributed by atoms with Crippen LogP contribution < -0.4 is 0 Å². The number of aldehydes is 1. The molecule has 0 saturated heterocycles. The van der Waals surface area contributed by atoms with Crippen LogP contribution in [-0.4, -0.2) is 41.9 Å². The van der Waals surface area contributed by atoms with Gasteiger partial charge in [-0.2, -0.15) is 0 Å². The summed E-state index contributed by atoms with van der Waals surface area (Å²) >= 11 is 0. The first-order chi connectivity index (χ1) is 11.0. The largest absolute Gasteiger partial charge is 0.354 e. The molecule has 0 fully saturated rings. The predicted molar refractivity (Wildman–Crippen MR) is 93.5 cm³/mol. The third kappa shape index (κ3) is 3.76. The summed E-state index contributed by atoms with van der Waals surface area (Å²) in [7, 11) is 0. The SMILES string of the molecule is CC(C)=C(CCN1C=NC2C=CC=CC21)C(=O)/C(C)=C(/C)C=O. The van der Waals surface area contributed by atoms with Gasteiger partial charge < -0.3 is 4.90 Å². The van der Waals surface area contributed by atoms with Gasteiger partial charge in [-0.3, -0.25) is 14.6 Å². The molecule has 0 radical (unpaired) electrons. The quantitative estimate of drug-likeness (QED) is 0.559. The Kier molecular flexibility index (Phi) is 5.48. The molecule has 0 spiro atoms. The zero-order valence-electron chi connectivity index (χ0n) is 14.2. The topological polar surface area (TPSA) is 49.7 Å². The van der Waals surface area contributed by atoms with Crippen LogP contribution in [-0.2, 0) is 9.59 Å². The number of aliphatic imine (C=N–C) groups is 1. The maximum absolute atomic E-state index is 12.6. The van der Waals surface area contributed by atoms with Gasteiger partial charge in [-0.15, -0.1) is 0 Å². The molecule has 0 aromatic rings. The van der Waals surface area contributed by atoms with Crippen LogP contribution in [0.3, 0.4) is 0 Å². The van der Waals surface area contributed by atoms with E-state index in [1.165, 1.54) is 0 Å². The van der Waals surface area contributed by atoms with Gasteiger partial charge in [0.2, 0.25) is 0 Å². The second kappa shape index (κ2) is 7.36. The monoisotopic (exact) mass is 312 g/mol. The molecule has 122 valence electrons. The summed E-state index contributed by atoms with van der Waals surface area (Å²) in [5.41, 5.74) is 2.82. The van der Waals surface area contributed by atoms with Crippen LogP contribution in [0.15, 0.2) is 51.6 Å². The van der Waals surface area contributed by atoms with Crippen molar-refractivity contribution in [3.8, 4) is 0 Å². The molecule has 23 heavy (non-hydrogen) atoms. The fourth-order valence-electron chi connectivity index (χ4n) is 2.80. The van der Waals surface area contributed by atoms with Gasteiger partial charge >= 0.3 is 0 Å². The van der Waals surface area contributed by atoms with E-state index in [0.717, 1.165) is 24.0 Å². The molecule has 2 rings (SSSR count). The molecule has 0 saturated carbocycles. The minimum Gasteiger partial charge on any atom is -0.354 e. The lowest BCUT2D eigenvalue weighted by atomic mass is 9.95. The Morgan fingerprint density at radius 2 is 1.87 bits per heavy atom. The predicted octanol–water partition coefficient (Wildman–Crippen LogP) is 3.02. The van der Waals surface area contributed by atoms with Crippen LogP contribution in [0.5, 0.6) is 0 Å². The Bertz CT molecular complexity index is 646. The minimum absolute atomic E-state index is 0.0265. The molecule has 1 aliphatic carbocycles. The van der Waals surface area contributed by atoms with Gasteiger partial charge in [0.25, 0.3) is 0 Å². The third-order valence-electron chi connectivity index (χ3n) is 4.45. The smallest absolute Gasteiger partial charge is 0.185 e. The summed E-state index contributed by atoms with van der Waals surface area (Å²) in [6.07, 6.45) is 11.6. The number of nitrogens with zero attached hydrogens (tertiary/aromatic N) is 2. The molecule has 0 amide bonds. The van der Waals surface area contributed by atoms with Crippen LogP contribution in [0.1, 0.15) is 34.1 Å². The molecule has 0 N–H and O–H groups in total. The van der Waals surface area contributed by atoms with E-state index >= 15 is 0 Å². The van der Waals surface area contributed by atoms with E-state index in [1.54, 1.807) is 13.8 Å². The highest BCUT2D eigenvalue weighted by molar-refractivity contribution is 6.10. The molecule has 1 aliphatic heterocycles. The van der Waals surface area contributed by atoms with Crippen molar-refractivity contribution in [2.45, 2.75) is 46.2 Å². The van der Waals surface area contributed by atoms with Crippen LogP contribution in [0, 0.1) is 0 Å². The first-order valence-corrected chi connectivity index (χ1v) is 7.93. The number of carbonyl (C=O) groups is 2. The molecule has 0 aromatic heterocycles. The summed E-state index contributed by atoms with van der Waals surface area (Å²) in [6.45, 7) is 8.03. The summed E-state index contributed by atoms with van der Waals surface area (Å²) < 4.78 is 0. The number of fused-ring (bicyclic) bond motifs is 1. The van der Waals surface area contributed by atoms with Crippen LogP contribution in [0.4, 0.5) is 0 Å². The highest BCUT2D eigenvalue weighted by Crippen LogP contribution is 2.22. The van der Waals surface area contributed by atoms with Crippen LogP contribution in [0.25, 0.3) is 0 Å². The third-order valence-corrected chi connectivity index (χ3v) is 4.45. The molecule has 2 aliphatic rings. The summed E-state index contributed by atoms with van der Waals surface area (Å²) in [6, 6.07) is 0.437. The minimum atomic E-state index is -0.0265. The molecule has 4 nitrogen and oxygen atoms in total. The van der Waals surface area contributed by atoms with Crippen molar-refractivity contribution in [2.75, 3.05) is 6.54 Å². The Hall–Kier alpha value is -2.23. The average Bonchev–Trinajstić information content (AvgIpc) is 2.96. The summed E-state index contributed by atoms with van der Waals surface area (Å²) in [5, 5.41) is 0. The molecular weight excluding hydrogens is 288 g/mol. The summed E-state index contributed by atoms with van der Waals surface area (Å²) in [5.74, 6) is -0.0265. The molecule has 1 heterocycles. The number of rotatable bonds is 6. The lowest BCUT2D eigenvalue weighted by Gasteiger charge is -2.26. The van der Waals surface area contributed by atoms with Gasteiger partial charge in [-0.05, 0) is 39.7 Å². The Morgan fingerprint density at radius 1 is 1.17 bits per heavy atom. The van der Waals surface area contributed by atoms with Gasteiger partial charge in [-0.25, -0.2) is 0 Å². The van der Waals surface area contributed by atoms with Crippen molar-refractivity contribution < 1.29 is 9.59 Å². The number of allylic oxidation sites excluding steroid dienone is 5. The van der Waals surface area contributed by atoms with E-state index < -0.39 is 0 Å². The highest BCUT2D eigenvalue weighted by Gasteiger charge is 2.28. The lowest BCUT2D eigenvalue weighted by molar-refractivity contribution is -0.113. The normalized spacial score (nSPS) is 22.7. The van der Waals surface area contributed by atoms with E-state index in [-0.39, 0.29) is 17.9 Å². The number of hydrogen-bond acceptors (Lipinski definition) is 4. The zero-order valence-corrected chi connectivity index (χ0v) is 14.2. The fourth-order valence-corrected chi connectivity index (χ4v) is 2.80. The Balaban J connectivity index is 2.08. The Labute approximate surface area is 138 Å². The maximum Gasteiger partial charge on any atom is 0.185 e. The van der Waals surface area contributed by atoms with Gasteiger partial charge in [0.1, 0.15) is 6.29 Å². The first-order valence-electron chi connectivity index (χ1n) is 7.93. The van der Waals surface area contributed by atoms with E-state index in [2.05, 4.69) is 22.0 Å². The van der Waals surface area contributed by atoms with Crippen molar-refractivity contribution in [1.29, 1.82) is 0 Å². The summed E-state index contributed by atoms with van der Waals surface area (Å²) in [4.78, 5) is 30.2. The van der Waals surface area contributed by atoms with E-state index in [1.807, 2.05) is 32.3 Å². The van der Waals surface area contributed by atoms with Gasteiger partial charge in [0.15, 0.2) is 5.78 Å². The van der Waals surface area contributed by atoms with E-state index in [9.17, 15) is 9.59 Å². The van der Waals surface area contributed by atoms with E-state index in [4.69, 9.17) is 0 Å². The number of carbonyl (C=O) groups excluding carboxylic acids is 2. The number of ketones is 1. The molecule has 0 aromatic carbocycles. The van der Waals surface area contributed by atoms with Crippen molar-refractivity contribution in [2.24, 2.45) is 4.99 Å². The number of hydrogen-bond donors (Lipinski definition) is 0. The first kappa shape index (κ1) is 17.1. The van der Waals surface area contributed by atoms with Gasteiger partial charge in [0.05, 0.1) is 18.4 Å². The second-order valence-electron chi connectivity index (χ2n) is 6.24. The average molecular weight is 312 g/mol. The van der Waals surface area contributed by atoms with Crippen molar-refractivity contribution in [3.05, 3.63) is 46.6 Å². The van der Waals surface area contributed by atoms with Crippen molar-refractivity contribution >= 4 is 18.4 Å². The molecule has 2 unspecified atom stereocenters. The number of Topliss-reactive ketones (excluding diaryl/α,β-unsaturated/α-hetero) is 1. The van der Waals surface area contributed by atoms with Crippen LogP contribution in [0.2, 0.25) is 0 Å².